The van der Waals surface area contributed by atoms with Crippen LogP contribution in [0.25, 0.3) is 0 Å². The second-order valence-electron chi connectivity index (χ2n) is 11.1. The summed E-state index contributed by atoms with van der Waals surface area (Å²) in [5, 5.41) is 0. The van der Waals surface area contributed by atoms with Crippen molar-refractivity contribution >= 4 is 17.9 Å². The molecule has 1 aliphatic heterocycles. The average Bonchev–Trinajstić information content (AvgIpc) is 3.02. The van der Waals surface area contributed by atoms with Crippen LogP contribution in [-0.2, 0) is 28.6 Å². The Hall–Kier alpha value is -1.59. The summed E-state index contributed by atoms with van der Waals surface area (Å²) in [5.74, 6) is -0.477. The van der Waals surface area contributed by atoms with Crippen LogP contribution in [0.15, 0.2) is 0 Å². The van der Waals surface area contributed by atoms with Crippen molar-refractivity contribution in [2.24, 2.45) is 39.9 Å². The molecule has 4 fully saturated rings. The van der Waals surface area contributed by atoms with Crippen LogP contribution in [0.2, 0.25) is 0 Å². The molecule has 4 aliphatic rings. The van der Waals surface area contributed by atoms with E-state index < -0.39 is 5.41 Å². The van der Waals surface area contributed by atoms with E-state index in [0.29, 0.717) is 12.5 Å². The molecule has 3 aliphatic carbocycles. The number of cyclic esters (lactones) is 1. The molecule has 0 N–H and O–H groups in total. The molecule has 30 heavy (non-hydrogen) atoms. The highest BCUT2D eigenvalue weighted by molar-refractivity contribution is 5.75. The zero-order chi connectivity index (χ0) is 21.9. The van der Waals surface area contributed by atoms with Gasteiger partial charge in [0.05, 0.1) is 17.9 Å². The summed E-state index contributed by atoms with van der Waals surface area (Å²) in [7, 11) is 0. The SMILES string of the molecule is CC(=O)OC[C@]12[C@@H]3COC(=O)[C@@H]3CC[C@@H]1[C@@]1(C)CCCC(C)(C)[C@@H]1C[C@H]2OC(C)=O. The first-order valence-electron chi connectivity index (χ1n) is 11.5. The van der Waals surface area contributed by atoms with Crippen molar-refractivity contribution in [3.63, 3.8) is 0 Å². The molecule has 7 atom stereocenters. The fourth-order valence-electron chi connectivity index (χ4n) is 8.18. The minimum absolute atomic E-state index is 0.0507. The molecule has 0 amide bonds. The standard InChI is InChI=1S/C24H36O6/c1-14(25)29-13-24-17-12-28-21(27)16(17)7-8-18(24)23(5)10-6-9-22(3,4)19(23)11-20(24)30-15(2)26/h16-20H,6-13H2,1-5H3/t16-,17-,18-,19+,20-,23-,24+/m1/s1. The van der Waals surface area contributed by atoms with E-state index in [-0.39, 0.29) is 59.2 Å². The van der Waals surface area contributed by atoms with Gasteiger partial charge in [0.25, 0.3) is 0 Å². The van der Waals surface area contributed by atoms with Crippen molar-refractivity contribution in [2.75, 3.05) is 13.2 Å². The first kappa shape index (κ1) is 21.6. The molecule has 168 valence electrons. The van der Waals surface area contributed by atoms with Crippen molar-refractivity contribution in [3.8, 4) is 0 Å². The third-order valence-corrected chi connectivity index (χ3v) is 9.25. The number of carbonyl (C=O) groups is 3. The number of hydrogen-bond acceptors (Lipinski definition) is 6. The topological polar surface area (TPSA) is 78.9 Å². The van der Waals surface area contributed by atoms with Crippen molar-refractivity contribution in [1.82, 2.24) is 0 Å². The number of ether oxygens (including phenoxy) is 3. The molecule has 0 aromatic carbocycles. The normalized spacial score (nSPS) is 44.2. The van der Waals surface area contributed by atoms with Gasteiger partial charge in [-0.1, -0.05) is 27.2 Å². The Labute approximate surface area is 179 Å². The Kier molecular flexibility index (Phi) is 5.22. The summed E-state index contributed by atoms with van der Waals surface area (Å²) in [6, 6.07) is 0. The molecule has 0 radical (unpaired) electrons. The van der Waals surface area contributed by atoms with Crippen LogP contribution in [0.5, 0.6) is 0 Å². The minimum Gasteiger partial charge on any atom is -0.465 e. The molecule has 6 heteroatoms. The second kappa shape index (κ2) is 7.23. The van der Waals surface area contributed by atoms with E-state index >= 15 is 0 Å². The lowest BCUT2D eigenvalue weighted by molar-refractivity contribution is -0.249. The van der Waals surface area contributed by atoms with E-state index in [9.17, 15) is 14.4 Å². The van der Waals surface area contributed by atoms with E-state index in [0.717, 1.165) is 32.1 Å². The molecule has 3 saturated carbocycles. The van der Waals surface area contributed by atoms with Crippen molar-refractivity contribution in [2.45, 2.75) is 79.2 Å². The van der Waals surface area contributed by atoms with E-state index in [1.807, 2.05) is 0 Å². The van der Waals surface area contributed by atoms with Crippen molar-refractivity contribution in [1.29, 1.82) is 0 Å². The number of fused-ring (bicyclic) bond motifs is 5. The van der Waals surface area contributed by atoms with Crippen LogP contribution in [-0.4, -0.2) is 37.2 Å². The quantitative estimate of drug-likeness (QED) is 0.509. The molecule has 1 saturated heterocycles. The van der Waals surface area contributed by atoms with Gasteiger partial charge in [0, 0.05) is 19.8 Å². The summed E-state index contributed by atoms with van der Waals surface area (Å²) in [6.45, 7) is 10.5. The fraction of sp³-hybridized carbons (Fsp3) is 0.875. The van der Waals surface area contributed by atoms with Crippen molar-refractivity contribution in [3.05, 3.63) is 0 Å². The van der Waals surface area contributed by atoms with Crippen LogP contribution >= 0.6 is 0 Å². The highest BCUT2D eigenvalue weighted by Crippen LogP contribution is 2.70. The smallest absolute Gasteiger partial charge is 0.309 e. The number of rotatable bonds is 3. The molecule has 4 rings (SSSR count). The zero-order valence-electron chi connectivity index (χ0n) is 19.0. The van der Waals surface area contributed by atoms with Gasteiger partial charge in [-0.2, -0.15) is 0 Å². The van der Waals surface area contributed by atoms with Crippen LogP contribution in [0, 0.1) is 39.9 Å². The Morgan fingerprint density at radius 1 is 1.07 bits per heavy atom. The predicted octanol–water partition coefficient (Wildman–Crippen LogP) is 3.90. The summed E-state index contributed by atoms with van der Waals surface area (Å²) in [4.78, 5) is 36.6. The summed E-state index contributed by atoms with van der Waals surface area (Å²) in [6.07, 6.45) is 5.49. The van der Waals surface area contributed by atoms with E-state index in [2.05, 4.69) is 20.8 Å². The van der Waals surface area contributed by atoms with Crippen LogP contribution < -0.4 is 0 Å². The third-order valence-electron chi connectivity index (χ3n) is 9.25. The van der Waals surface area contributed by atoms with Crippen molar-refractivity contribution < 1.29 is 28.6 Å². The van der Waals surface area contributed by atoms with Gasteiger partial charge < -0.3 is 14.2 Å². The molecule has 0 spiro atoms. The maximum atomic E-state index is 12.5. The van der Waals surface area contributed by atoms with E-state index in [4.69, 9.17) is 14.2 Å². The highest BCUT2D eigenvalue weighted by Gasteiger charge is 2.70. The lowest BCUT2D eigenvalue weighted by atomic mass is 9.38. The zero-order valence-corrected chi connectivity index (χ0v) is 19.0. The molecule has 0 aromatic heterocycles. The largest absolute Gasteiger partial charge is 0.465 e. The molecule has 6 nitrogen and oxygen atoms in total. The maximum Gasteiger partial charge on any atom is 0.309 e. The van der Waals surface area contributed by atoms with Gasteiger partial charge in [0.1, 0.15) is 12.7 Å². The summed E-state index contributed by atoms with van der Waals surface area (Å²) >= 11 is 0. The van der Waals surface area contributed by atoms with Gasteiger partial charge >= 0.3 is 17.9 Å². The number of carbonyl (C=O) groups excluding carboxylic acids is 3. The second-order valence-corrected chi connectivity index (χ2v) is 11.1. The van der Waals surface area contributed by atoms with E-state index in [1.54, 1.807) is 0 Å². The first-order chi connectivity index (χ1) is 14.0. The van der Waals surface area contributed by atoms with Crippen LogP contribution in [0.4, 0.5) is 0 Å². The number of esters is 3. The van der Waals surface area contributed by atoms with E-state index in [1.165, 1.54) is 20.3 Å². The number of hydrogen-bond donors (Lipinski definition) is 0. The molecule has 0 bridgehead atoms. The molecule has 0 unspecified atom stereocenters. The summed E-state index contributed by atoms with van der Waals surface area (Å²) in [5.41, 5.74) is -0.377. The lowest BCUT2D eigenvalue weighted by Gasteiger charge is -2.67. The van der Waals surface area contributed by atoms with Crippen LogP contribution in [0.1, 0.15) is 73.1 Å². The van der Waals surface area contributed by atoms with Gasteiger partial charge in [0.2, 0.25) is 0 Å². The maximum absolute atomic E-state index is 12.5. The van der Waals surface area contributed by atoms with Gasteiger partial charge in [-0.25, -0.2) is 0 Å². The Bertz CT molecular complexity index is 744. The Morgan fingerprint density at radius 2 is 1.80 bits per heavy atom. The monoisotopic (exact) mass is 420 g/mol. The molecular formula is C24H36O6. The van der Waals surface area contributed by atoms with Gasteiger partial charge in [-0.15, -0.1) is 0 Å². The minimum atomic E-state index is -0.578. The first-order valence-corrected chi connectivity index (χ1v) is 11.5. The van der Waals surface area contributed by atoms with Gasteiger partial charge in [-0.05, 0) is 54.8 Å². The lowest BCUT2D eigenvalue weighted by Crippen LogP contribution is -2.67. The summed E-state index contributed by atoms with van der Waals surface area (Å²) < 4.78 is 17.2. The van der Waals surface area contributed by atoms with Crippen LogP contribution in [0.3, 0.4) is 0 Å². The highest BCUT2D eigenvalue weighted by atomic mass is 16.6. The molecular weight excluding hydrogens is 384 g/mol. The van der Waals surface area contributed by atoms with Gasteiger partial charge in [-0.3, -0.25) is 14.4 Å². The third kappa shape index (κ3) is 3.08. The molecule has 0 aromatic rings. The average molecular weight is 421 g/mol. The Balaban J connectivity index is 1.86. The predicted molar refractivity (Wildman–Crippen MR) is 109 cm³/mol. The fourth-order valence-corrected chi connectivity index (χ4v) is 8.18. The molecule has 1 heterocycles. The van der Waals surface area contributed by atoms with Gasteiger partial charge in [0.15, 0.2) is 0 Å². The Morgan fingerprint density at radius 3 is 2.47 bits per heavy atom.